The summed E-state index contributed by atoms with van der Waals surface area (Å²) in [5.74, 6) is -1.49. The van der Waals surface area contributed by atoms with Crippen LogP contribution in [0.3, 0.4) is 0 Å². The first kappa shape index (κ1) is 13.7. The third-order valence-electron chi connectivity index (χ3n) is 2.40. The van der Waals surface area contributed by atoms with Crippen molar-refractivity contribution in [3.05, 3.63) is 61.5 Å². The van der Waals surface area contributed by atoms with Crippen LogP contribution in [0, 0.1) is 10.1 Å². The van der Waals surface area contributed by atoms with Crippen LogP contribution in [0.1, 0.15) is 10.5 Å². The monoisotopic (exact) mass is 295 g/mol. The summed E-state index contributed by atoms with van der Waals surface area (Å²) in [5, 5.41) is 23.3. The van der Waals surface area contributed by atoms with Crippen molar-refractivity contribution in [1.29, 1.82) is 0 Å². The van der Waals surface area contributed by atoms with Crippen LogP contribution >= 0.6 is 11.6 Å². The second kappa shape index (κ2) is 5.10. The fraction of sp³-hybridized carbons (Fsp3) is 0. The standard InChI is InChI=1S/C11H6ClN3O5/c12-7-2-1-6(15(19)20)5-8(7)14-4-3-9(16)10(13-14)11(17)18/h1-5H,(H,17,18). The van der Waals surface area contributed by atoms with Gasteiger partial charge in [0.2, 0.25) is 11.1 Å². The maximum absolute atomic E-state index is 11.3. The molecule has 102 valence electrons. The largest absolute Gasteiger partial charge is 0.476 e. The number of rotatable bonds is 3. The van der Waals surface area contributed by atoms with Crippen LogP contribution in [-0.4, -0.2) is 25.8 Å². The molecule has 1 heterocycles. The molecule has 1 aromatic carbocycles. The highest BCUT2D eigenvalue weighted by atomic mass is 35.5. The summed E-state index contributed by atoms with van der Waals surface area (Å²) in [5.41, 5.74) is -1.60. The number of carbonyl (C=O) groups is 1. The minimum Gasteiger partial charge on any atom is -0.476 e. The van der Waals surface area contributed by atoms with E-state index in [0.717, 1.165) is 16.8 Å². The first-order chi connectivity index (χ1) is 9.40. The Morgan fingerprint density at radius 1 is 1.40 bits per heavy atom. The van der Waals surface area contributed by atoms with E-state index in [1.165, 1.54) is 18.3 Å². The number of benzene rings is 1. The average Bonchev–Trinajstić information content (AvgIpc) is 2.39. The van der Waals surface area contributed by atoms with Crippen molar-refractivity contribution in [2.24, 2.45) is 0 Å². The number of nitro groups is 1. The molecule has 0 aliphatic carbocycles. The fourth-order valence-corrected chi connectivity index (χ4v) is 1.68. The van der Waals surface area contributed by atoms with E-state index in [0.29, 0.717) is 0 Å². The number of aromatic nitrogens is 2. The van der Waals surface area contributed by atoms with Crippen molar-refractivity contribution in [1.82, 2.24) is 9.78 Å². The summed E-state index contributed by atoms with van der Waals surface area (Å²) < 4.78 is 1.00. The number of carboxylic acids is 1. The molecule has 0 amide bonds. The van der Waals surface area contributed by atoms with Crippen molar-refractivity contribution in [3.8, 4) is 5.69 Å². The molecular weight excluding hydrogens is 290 g/mol. The lowest BCUT2D eigenvalue weighted by Crippen LogP contribution is -2.20. The molecule has 0 radical (unpaired) electrons. The van der Waals surface area contributed by atoms with Gasteiger partial charge in [0.15, 0.2) is 0 Å². The van der Waals surface area contributed by atoms with E-state index in [1.54, 1.807) is 0 Å². The Kier molecular flexibility index (Phi) is 3.49. The second-order valence-corrected chi connectivity index (χ2v) is 4.08. The van der Waals surface area contributed by atoms with Crippen molar-refractivity contribution in [3.63, 3.8) is 0 Å². The molecule has 0 saturated carbocycles. The average molecular weight is 296 g/mol. The zero-order valence-electron chi connectivity index (χ0n) is 9.69. The maximum Gasteiger partial charge on any atom is 0.360 e. The number of aromatic carboxylic acids is 1. The lowest BCUT2D eigenvalue weighted by molar-refractivity contribution is -0.384. The summed E-state index contributed by atoms with van der Waals surface area (Å²) in [6.07, 6.45) is 1.18. The van der Waals surface area contributed by atoms with E-state index >= 15 is 0 Å². The number of nitrogens with zero attached hydrogens (tertiary/aromatic N) is 3. The Balaban J connectivity index is 2.65. The number of hydrogen-bond acceptors (Lipinski definition) is 5. The lowest BCUT2D eigenvalue weighted by atomic mass is 10.3. The quantitative estimate of drug-likeness (QED) is 0.677. The van der Waals surface area contributed by atoms with Gasteiger partial charge in [0, 0.05) is 24.4 Å². The highest BCUT2D eigenvalue weighted by Gasteiger charge is 2.15. The fourth-order valence-electron chi connectivity index (χ4n) is 1.48. The lowest BCUT2D eigenvalue weighted by Gasteiger charge is -2.07. The zero-order valence-corrected chi connectivity index (χ0v) is 10.4. The van der Waals surface area contributed by atoms with Gasteiger partial charge in [0.25, 0.3) is 5.69 Å². The number of non-ortho nitro benzene ring substituents is 1. The van der Waals surface area contributed by atoms with Crippen molar-refractivity contribution in [2.75, 3.05) is 0 Å². The van der Waals surface area contributed by atoms with E-state index < -0.39 is 22.0 Å². The molecule has 0 atom stereocenters. The molecule has 2 aromatic rings. The predicted octanol–water partition coefficient (Wildman–Crippen LogP) is 1.49. The highest BCUT2D eigenvalue weighted by Crippen LogP contribution is 2.24. The Morgan fingerprint density at radius 2 is 2.10 bits per heavy atom. The molecule has 0 unspecified atom stereocenters. The molecule has 20 heavy (non-hydrogen) atoms. The Labute approximate surface area is 116 Å². The van der Waals surface area contributed by atoms with E-state index in [2.05, 4.69) is 5.10 Å². The third kappa shape index (κ3) is 2.50. The number of halogens is 1. The molecular formula is C11H6ClN3O5. The molecule has 0 aliphatic heterocycles. The minimum atomic E-state index is -1.49. The van der Waals surface area contributed by atoms with Crippen LogP contribution in [0.15, 0.2) is 35.3 Å². The minimum absolute atomic E-state index is 0.100. The topological polar surface area (TPSA) is 115 Å². The summed E-state index contributed by atoms with van der Waals surface area (Å²) in [6, 6.07) is 4.61. The molecule has 8 nitrogen and oxygen atoms in total. The first-order valence-electron chi connectivity index (χ1n) is 5.18. The van der Waals surface area contributed by atoms with Crippen LogP contribution in [0.25, 0.3) is 5.69 Å². The van der Waals surface area contributed by atoms with Crippen molar-refractivity contribution < 1.29 is 14.8 Å². The molecule has 0 aliphatic rings. The van der Waals surface area contributed by atoms with Gasteiger partial charge in [-0.05, 0) is 6.07 Å². The van der Waals surface area contributed by atoms with Crippen LogP contribution < -0.4 is 5.43 Å². The van der Waals surface area contributed by atoms with Gasteiger partial charge in [-0.2, -0.15) is 5.10 Å². The smallest absolute Gasteiger partial charge is 0.360 e. The first-order valence-corrected chi connectivity index (χ1v) is 5.55. The van der Waals surface area contributed by atoms with Gasteiger partial charge in [0.05, 0.1) is 15.6 Å². The Bertz CT molecular complexity index is 771. The third-order valence-corrected chi connectivity index (χ3v) is 2.72. The van der Waals surface area contributed by atoms with Crippen LogP contribution in [0.2, 0.25) is 5.02 Å². The Hall–Kier alpha value is -2.74. The van der Waals surface area contributed by atoms with Gasteiger partial charge in [-0.1, -0.05) is 11.6 Å². The Morgan fingerprint density at radius 3 is 2.70 bits per heavy atom. The molecule has 1 aromatic heterocycles. The molecule has 9 heteroatoms. The van der Waals surface area contributed by atoms with E-state index in [4.69, 9.17) is 16.7 Å². The highest BCUT2D eigenvalue weighted by molar-refractivity contribution is 6.32. The normalized spacial score (nSPS) is 10.2. The van der Waals surface area contributed by atoms with Crippen LogP contribution in [0.5, 0.6) is 0 Å². The van der Waals surface area contributed by atoms with Gasteiger partial charge in [-0.25, -0.2) is 9.48 Å². The maximum atomic E-state index is 11.3. The van der Waals surface area contributed by atoms with Crippen molar-refractivity contribution >= 4 is 23.3 Å². The van der Waals surface area contributed by atoms with E-state index in [-0.39, 0.29) is 16.4 Å². The number of carboxylic acid groups (broad SMARTS) is 1. The van der Waals surface area contributed by atoms with Gasteiger partial charge < -0.3 is 5.11 Å². The molecule has 2 rings (SSSR count). The van der Waals surface area contributed by atoms with Crippen LogP contribution in [-0.2, 0) is 0 Å². The van der Waals surface area contributed by atoms with Gasteiger partial charge in [-0.15, -0.1) is 0 Å². The predicted molar refractivity (Wildman–Crippen MR) is 68.5 cm³/mol. The zero-order chi connectivity index (χ0) is 14.9. The van der Waals surface area contributed by atoms with Crippen LogP contribution in [0.4, 0.5) is 5.69 Å². The number of nitro benzene ring substituents is 1. The summed E-state index contributed by atoms with van der Waals surface area (Å²) in [4.78, 5) is 32.2. The summed E-state index contributed by atoms with van der Waals surface area (Å²) in [6.45, 7) is 0. The molecule has 1 N–H and O–H groups in total. The summed E-state index contributed by atoms with van der Waals surface area (Å²) >= 11 is 5.90. The number of hydrogen-bond donors (Lipinski definition) is 1. The molecule has 0 saturated heterocycles. The van der Waals surface area contributed by atoms with Crippen molar-refractivity contribution in [2.45, 2.75) is 0 Å². The SMILES string of the molecule is O=C(O)c1nn(-c2cc([N+](=O)[O-])ccc2Cl)ccc1=O. The van der Waals surface area contributed by atoms with E-state index in [1.807, 2.05) is 0 Å². The summed E-state index contributed by atoms with van der Waals surface area (Å²) in [7, 11) is 0. The molecule has 0 spiro atoms. The van der Waals surface area contributed by atoms with Gasteiger partial charge in [0.1, 0.15) is 0 Å². The molecule has 0 fully saturated rings. The van der Waals surface area contributed by atoms with E-state index in [9.17, 15) is 19.7 Å². The van der Waals surface area contributed by atoms with Gasteiger partial charge >= 0.3 is 5.97 Å². The molecule has 0 bridgehead atoms. The van der Waals surface area contributed by atoms with Gasteiger partial charge in [-0.3, -0.25) is 14.9 Å². The second-order valence-electron chi connectivity index (χ2n) is 3.67.